The summed E-state index contributed by atoms with van der Waals surface area (Å²) in [5, 5.41) is 6.80. The lowest BCUT2D eigenvalue weighted by molar-refractivity contribution is 0.241. The van der Waals surface area contributed by atoms with Gasteiger partial charge in [0.2, 0.25) is 0 Å². The number of allylic oxidation sites excluding steroid dienone is 1. The molecule has 0 aliphatic heterocycles. The maximum atomic E-state index is 4.09. The maximum Gasteiger partial charge on any atom is 0.0538 e. The molecular weight excluding hydrogens is 232 g/mol. The van der Waals surface area contributed by atoms with Crippen LogP contribution in [0.1, 0.15) is 54.4 Å². The lowest BCUT2D eigenvalue weighted by atomic mass is 9.79. The standard InChI is InChI=1S/C17H34N2/c1-9-17(8,10-13(2)3)12-19-15(6)11-18-16(7)14(4)5/h13-14,18-19H,6-7,9-12H2,1-5,8H3. The number of rotatable bonds is 10. The summed E-state index contributed by atoms with van der Waals surface area (Å²) < 4.78 is 0. The molecule has 0 amide bonds. The van der Waals surface area contributed by atoms with Gasteiger partial charge in [-0.25, -0.2) is 0 Å². The van der Waals surface area contributed by atoms with Crippen molar-refractivity contribution in [3.63, 3.8) is 0 Å². The fourth-order valence-electron chi connectivity index (χ4n) is 2.15. The Hall–Kier alpha value is -0.920. The highest BCUT2D eigenvalue weighted by molar-refractivity contribution is 5.02. The van der Waals surface area contributed by atoms with Crippen LogP contribution in [0.5, 0.6) is 0 Å². The maximum absolute atomic E-state index is 4.09. The largest absolute Gasteiger partial charge is 0.387 e. The molecule has 0 heterocycles. The van der Waals surface area contributed by atoms with Crippen molar-refractivity contribution in [1.82, 2.24) is 10.6 Å². The molecule has 0 saturated heterocycles. The van der Waals surface area contributed by atoms with Crippen LogP contribution in [0.3, 0.4) is 0 Å². The van der Waals surface area contributed by atoms with E-state index in [0.29, 0.717) is 11.3 Å². The average Bonchev–Trinajstić information content (AvgIpc) is 2.32. The molecule has 0 aromatic carbocycles. The van der Waals surface area contributed by atoms with Gasteiger partial charge in [0.15, 0.2) is 0 Å². The van der Waals surface area contributed by atoms with Crippen LogP contribution in [0.2, 0.25) is 0 Å². The highest BCUT2D eigenvalue weighted by Gasteiger charge is 2.23. The Morgan fingerprint density at radius 1 is 1.11 bits per heavy atom. The van der Waals surface area contributed by atoms with Crippen molar-refractivity contribution in [2.45, 2.75) is 54.4 Å². The van der Waals surface area contributed by atoms with Crippen molar-refractivity contribution < 1.29 is 0 Å². The van der Waals surface area contributed by atoms with Crippen LogP contribution in [-0.2, 0) is 0 Å². The van der Waals surface area contributed by atoms with Crippen LogP contribution in [0.15, 0.2) is 24.6 Å². The summed E-state index contributed by atoms with van der Waals surface area (Å²) in [4.78, 5) is 0. The SMILES string of the molecule is C=C(CNC(=C)C(C)C)NCC(C)(CC)CC(C)C. The van der Waals surface area contributed by atoms with E-state index in [-0.39, 0.29) is 0 Å². The summed E-state index contributed by atoms with van der Waals surface area (Å²) in [6, 6.07) is 0. The predicted molar refractivity (Wildman–Crippen MR) is 87.0 cm³/mol. The highest BCUT2D eigenvalue weighted by Crippen LogP contribution is 2.28. The zero-order chi connectivity index (χ0) is 15.1. The molecule has 0 aliphatic rings. The van der Waals surface area contributed by atoms with Gasteiger partial charge in [-0.3, -0.25) is 0 Å². The topological polar surface area (TPSA) is 24.1 Å². The van der Waals surface area contributed by atoms with E-state index in [1.165, 1.54) is 12.8 Å². The van der Waals surface area contributed by atoms with Crippen molar-refractivity contribution in [3.8, 4) is 0 Å². The van der Waals surface area contributed by atoms with Crippen molar-refractivity contribution in [2.24, 2.45) is 17.3 Å². The monoisotopic (exact) mass is 266 g/mol. The Morgan fingerprint density at radius 2 is 1.68 bits per heavy atom. The molecule has 0 rings (SSSR count). The third-order valence-electron chi connectivity index (χ3n) is 3.75. The third-order valence-corrected chi connectivity index (χ3v) is 3.75. The molecule has 2 heteroatoms. The number of nitrogens with one attached hydrogen (secondary N) is 2. The molecule has 0 fully saturated rings. The first-order valence-corrected chi connectivity index (χ1v) is 7.54. The molecule has 0 saturated carbocycles. The van der Waals surface area contributed by atoms with Gasteiger partial charge in [0.05, 0.1) is 6.54 Å². The Bertz CT molecular complexity index is 292. The first-order chi connectivity index (χ1) is 8.70. The summed E-state index contributed by atoms with van der Waals surface area (Å²) >= 11 is 0. The van der Waals surface area contributed by atoms with Gasteiger partial charge in [0.25, 0.3) is 0 Å². The molecule has 0 aromatic heterocycles. The van der Waals surface area contributed by atoms with E-state index in [0.717, 1.165) is 30.4 Å². The van der Waals surface area contributed by atoms with Crippen LogP contribution in [0.4, 0.5) is 0 Å². The molecule has 0 spiro atoms. The average molecular weight is 266 g/mol. The molecule has 0 aromatic rings. The van der Waals surface area contributed by atoms with Gasteiger partial charge in [-0.2, -0.15) is 0 Å². The van der Waals surface area contributed by atoms with Gasteiger partial charge >= 0.3 is 0 Å². The van der Waals surface area contributed by atoms with Crippen molar-refractivity contribution in [3.05, 3.63) is 24.6 Å². The second-order valence-electron chi connectivity index (χ2n) is 6.75. The van der Waals surface area contributed by atoms with E-state index >= 15 is 0 Å². The van der Waals surface area contributed by atoms with E-state index in [1.807, 2.05) is 0 Å². The third kappa shape index (κ3) is 7.97. The smallest absolute Gasteiger partial charge is 0.0538 e. The van der Waals surface area contributed by atoms with Gasteiger partial charge in [-0.1, -0.05) is 54.7 Å². The van der Waals surface area contributed by atoms with Gasteiger partial charge in [-0.15, -0.1) is 0 Å². The summed E-state index contributed by atoms with van der Waals surface area (Å²) in [5.74, 6) is 1.20. The van der Waals surface area contributed by atoms with Gasteiger partial charge in [0.1, 0.15) is 0 Å². The Balaban J connectivity index is 4.10. The summed E-state index contributed by atoms with van der Waals surface area (Å²) in [7, 11) is 0. The predicted octanol–water partition coefficient (Wildman–Crippen LogP) is 4.31. The van der Waals surface area contributed by atoms with Crippen LogP contribution in [0.25, 0.3) is 0 Å². The van der Waals surface area contributed by atoms with Gasteiger partial charge in [-0.05, 0) is 30.1 Å². The molecule has 112 valence electrons. The van der Waals surface area contributed by atoms with E-state index in [2.05, 4.69) is 65.3 Å². The first-order valence-electron chi connectivity index (χ1n) is 7.54. The minimum atomic E-state index is 0.353. The molecule has 1 atom stereocenters. The lowest BCUT2D eigenvalue weighted by Crippen LogP contribution is -2.34. The Morgan fingerprint density at radius 3 is 2.11 bits per heavy atom. The quantitative estimate of drug-likeness (QED) is 0.615. The highest BCUT2D eigenvalue weighted by atomic mass is 15.0. The van der Waals surface area contributed by atoms with E-state index < -0.39 is 0 Å². The normalized spacial score (nSPS) is 14.3. The molecule has 2 nitrogen and oxygen atoms in total. The minimum Gasteiger partial charge on any atom is -0.387 e. The van der Waals surface area contributed by atoms with E-state index in [4.69, 9.17) is 0 Å². The second kappa shape index (κ2) is 8.29. The zero-order valence-corrected chi connectivity index (χ0v) is 13.9. The first kappa shape index (κ1) is 18.1. The molecule has 2 N–H and O–H groups in total. The van der Waals surface area contributed by atoms with E-state index in [1.54, 1.807) is 0 Å². The molecule has 0 aliphatic carbocycles. The Labute approximate surface area is 120 Å². The molecular formula is C17H34N2. The fraction of sp³-hybridized carbons (Fsp3) is 0.765. The van der Waals surface area contributed by atoms with Gasteiger partial charge < -0.3 is 10.6 Å². The molecule has 0 radical (unpaired) electrons. The van der Waals surface area contributed by atoms with Crippen molar-refractivity contribution in [1.29, 1.82) is 0 Å². The minimum absolute atomic E-state index is 0.353. The van der Waals surface area contributed by atoms with Crippen molar-refractivity contribution in [2.75, 3.05) is 13.1 Å². The summed E-state index contributed by atoms with van der Waals surface area (Å²) in [6.07, 6.45) is 2.44. The van der Waals surface area contributed by atoms with Crippen LogP contribution < -0.4 is 10.6 Å². The van der Waals surface area contributed by atoms with E-state index in [9.17, 15) is 0 Å². The molecule has 1 unspecified atom stereocenters. The van der Waals surface area contributed by atoms with Crippen LogP contribution in [0, 0.1) is 17.3 Å². The zero-order valence-electron chi connectivity index (χ0n) is 13.9. The molecule has 19 heavy (non-hydrogen) atoms. The van der Waals surface area contributed by atoms with Crippen LogP contribution in [-0.4, -0.2) is 13.1 Å². The summed E-state index contributed by atoms with van der Waals surface area (Å²) in [6.45, 7) is 23.3. The van der Waals surface area contributed by atoms with Crippen LogP contribution >= 0.6 is 0 Å². The lowest BCUT2D eigenvalue weighted by Gasteiger charge is -2.31. The second-order valence-corrected chi connectivity index (χ2v) is 6.75. The molecule has 0 bridgehead atoms. The fourth-order valence-corrected chi connectivity index (χ4v) is 2.15. The number of hydrogen-bond acceptors (Lipinski definition) is 2. The summed E-state index contributed by atoms with van der Waals surface area (Å²) in [5.41, 5.74) is 2.47. The number of hydrogen-bond donors (Lipinski definition) is 2. The Kier molecular flexibility index (Phi) is 7.89. The van der Waals surface area contributed by atoms with Crippen molar-refractivity contribution >= 4 is 0 Å². The van der Waals surface area contributed by atoms with Gasteiger partial charge in [0, 0.05) is 17.9 Å².